The molecule has 0 aromatic heterocycles. The smallest absolute Gasteiger partial charge is 0.344 e. The molecule has 0 heterocycles. The summed E-state index contributed by atoms with van der Waals surface area (Å²) >= 11 is 1.96. The molecule has 0 rings (SSSR count). The van der Waals surface area contributed by atoms with Crippen LogP contribution in [0.25, 0.3) is 0 Å². The van der Waals surface area contributed by atoms with Gasteiger partial charge in [-0.1, -0.05) is 13.8 Å². The van der Waals surface area contributed by atoms with E-state index in [2.05, 4.69) is 13.8 Å². The predicted octanol–water partition coefficient (Wildman–Crippen LogP) is 1.27. The first kappa shape index (κ1) is 17.3. The summed E-state index contributed by atoms with van der Waals surface area (Å²) in [6.07, 6.45) is 0. The Balaban J connectivity index is -0.000000107. The summed E-state index contributed by atoms with van der Waals surface area (Å²) in [6.45, 7) is 4.35. The first-order valence-corrected chi connectivity index (χ1v) is 5.24. The van der Waals surface area contributed by atoms with Crippen LogP contribution in [-0.4, -0.2) is 29.0 Å². The molecule has 0 saturated heterocycles. The van der Waals surface area contributed by atoms with Crippen molar-refractivity contribution in [3.63, 3.8) is 0 Å². The molecule has 0 unspecified atom stereocenters. The van der Waals surface area contributed by atoms with Crippen LogP contribution in [0.2, 0.25) is 0 Å². The van der Waals surface area contributed by atoms with Gasteiger partial charge in [-0.15, -0.1) is 0 Å². The van der Waals surface area contributed by atoms with Crippen molar-refractivity contribution in [2.75, 3.05) is 11.5 Å². The summed E-state index contributed by atoms with van der Waals surface area (Å²) in [4.78, 5) is 0. The van der Waals surface area contributed by atoms with Gasteiger partial charge in [0.15, 0.2) is 0 Å². The van der Waals surface area contributed by atoms with Crippen LogP contribution in [0.5, 0.6) is 0 Å². The van der Waals surface area contributed by atoms with E-state index in [9.17, 15) is 0 Å². The Bertz CT molecular complexity index is 134. The zero-order valence-corrected chi connectivity index (χ0v) is 8.28. The minimum absolute atomic E-state index is 0. The molecule has 0 fully saturated rings. The number of rotatable bonds is 2. The average molecular weight is 205 g/mol. The lowest BCUT2D eigenvalue weighted by Crippen LogP contribution is -1.89. The van der Waals surface area contributed by atoms with E-state index in [1.165, 1.54) is 11.5 Å². The van der Waals surface area contributed by atoms with Gasteiger partial charge in [0.25, 0.3) is 0 Å². The van der Waals surface area contributed by atoms with Crippen molar-refractivity contribution >= 4 is 22.2 Å². The summed E-state index contributed by atoms with van der Waals surface area (Å²) in [5.74, 6) is 2.52. The van der Waals surface area contributed by atoms with Gasteiger partial charge in [-0.2, -0.15) is 20.2 Å². The molecule has 0 spiro atoms. The van der Waals surface area contributed by atoms with Crippen molar-refractivity contribution in [3.05, 3.63) is 0 Å². The quantitative estimate of drug-likeness (QED) is 0.585. The SMILES string of the molecule is CCSCC.N.O=S(=O)(O)O. The second-order valence-corrected chi connectivity index (χ2v) is 3.69. The molecule has 11 heavy (non-hydrogen) atoms. The van der Waals surface area contributed by atoms with Gasteiger partial charge >= 0.3 is 10.4 Å². The molecule has 0 aliphatic rings. The minimum atomic E-state index is -4.67. The third kappa shape index (κ3) is 143. The monoisotopic (exact) mass is 205 g/mol. The summed E-state index contributed by atoms with van der Waals surface area (Å²) in [6, 6.07) is 0. The van der Waals surface area contributed by atoms with Crippen LogP contribution in [-0.2, 0) is 10.4 Å². The van der Waals surface area contributed by atoms with Crippen LogP contribution in [0.3, 0.4) is 0 Å². The molecule has 5 nitrogen and oxygen atoms in total. The van der Waals surface area contributed by atoms with Crippen molar-refractivity contribution in [2.24, 2.45) is 0 Å². The lowest BCUT2D eigenvalue weighted by atomic mass is 11.0. The summed E-state index contributed by atoms with van der Waals surface area (Å²) in [5, 5.41) is 0. The van der Waals surface area contributed by atoms with Gasteiger partial charge < -0.3 is 6.15 Å². The molecule has 0 bridgehead atoms. The van der Waals surface area contributed by atoms with E-state index in [1.807, 2.05) is 11.8 Å². The molecule has 7 heteroatoms. The summed E-state index contributed by atoms with van der Waals surface area (Å²) < 4.78 is 31.6. The maximum absolute atomic E-state index is 8.74. The van der Waals surface area contributed by atoms with Crippen molar-refractivity contribution in [2.45, 2.75) is 13.8 Å². The van der Waals surface area contributed by atoms with Gasteiger partial charge in [-0.3, -0.25) is 9.11 Å². The molecule has 0 amide bonds. The lowest BCUT2D eigenvalue weighted by molar-refractivity contribution is 0.381. The Morgan fingerprint density at radius 1 is 1.18 bits per heavy atom. The highest BCUT2D eigenvalue weighted by Crippen LogP contribution is 1.93. The standard InChI is InChI=1S/C4H10S.H3N.H2O4S/c1-3-5-4-2;;1-5(2,3)4/h3-4H2,1-2H3;1H3;(H2,1,2,3,4). The molecule has 0 radical (unpaired) electrons. The molecule has 0 aliphatic heterocycles. The van der Waals surface area contributed by atoms with Gasteiger partial charge in [-0.05, 0) is 11.5 Å². The van der Waals surface area contributed by atoms with Gasteiger partial charge in [0.2, 0.25) is 0 Å². The highest BCUT2D eigenvalue weighted by molar-refractivity contribution is 7.99. The molecular weight excluding hydrogens is 190 g/mol. The van der Waals surface area contributed by atoms with Crippen LogP contribution >= 0.6 is 11.8 Å². The van der Waals surface area contributed by atoms with Crippen LogP contribution in [0.1, 0.15) is 13.8 Å². The molecule has 0 saturated carbocycles. The maximum Gasteiger partial charge on any atom is 0.394 e. The largest absolute Gasteiger partial charge is 0.394 e. The molecule has 72 valence electrons. The highest BCUT2D eigenvalue weighted by Gasteiger charge is 1.84. The fourth-order valence-electron chi connectivity index (χ4n) is 0.204. The van der Waals surface area contributed by atoms with Crippen LogP contribution in [0.15, 0.2) is 0 Å². The predicted molar refractivity (Wildman–Crippen MR) is 47.9 cm³/mol. The Kier molecular flexibility index (Phi) is 16.0. The highest BCUT2D eigenvalue weighted by atomic mass is 32.3. The molecule has 5 N–H and O–H groups in total. The van der Waals surface area contributed by atoms with Crippen molar-refractivity contribution < 1.29 is 17.5 Å². The second kappa shape index (κ2) is 10.2. The number of hydrogen-bond donors (Lipinski definition) is 3. The third-order valence-electron chi connectivity index (χ3n) is 0.408. The number of hydrogen-bond acceptors (Lipinski definition) is 4. The Morgan fingerprint density at radius 2 is 1.36 bits per heavy atom. The molecule has 0 aromatic carbocycles. The zero-order valence-electron chi connectivity index (χ0n) is 6.65. The van der Waals surface area contributed by atoms with E-state index < -0.39 is 10.4 Å². The minimum Gasteiger partial charge on any atom is -0.344 e. The second-order valence-electron chi connectivity index (χ2n) is 1.23. The molecular formula is C4H15NO4S2. The van der Waals surface area contributed by atoms with Crippen molar-refractivity contribution in [3.8, 4) is 0 Å². The third-order valence-corrected chi connectivity index (χ3v) is 1.22. The topological polar surface area (TPSA) is 110 Å². The van der Waals surface area contributed by atoms with Crippen molar-refractivity contribution in [1.82, 2.24) is 6.15 Å². The fourth-order valence-corrected chi connectivity index (χ4v) is 0.612. The van der Waals surface area contributed by atoms with E-state index in [0.717, 1.165) is 0 Å². The van der Waals surface area contributed by atoms with E-state index in [-0.39, 0.29) is 6.15 Å². The fraction of sp³-hybridized carbons (Fsp3) is 1.00. The Hall–Kier alpha value is 0.180. The van der Waals surface area contributed by atoms with E-state index in [4.69, 9.17) is 17.5 Å². The first-order valence-electron chi connectivity index (χ1n) is 2.69. The van der Waals surface area contributed by atoms with E-state index in [0.29, 0.717) is 0 Å². The first-order chi connectivity index (χ1) is 4.41. The van der Waals surface area contributed by atoms with Gasteiger partial charge in [0, 0.05) is 0 Å². The lowest BCUT2D eigenvalue weighted by Gasteiger charge is -1.80. The van der Waals surface area contributed by atoms with Gasteiger partial charge in [-0.25, -0.2) is 0 Å². The average Bonchev–Trinajstić information content (AvgIpc) is 1.63. The Labute approximate surface area is 71.7 Å². The zero-order chi connectivity index (χ0) is 8.62. The van der Waals surface area contributed by atoms with E-state index >= 15 is 0 Å². The van der Waals surface area contributed by atoms with E-state index in [1.54, 1.807) is 0 Å². The van der Waals surface area contributed by atoms with Crippen LogP contribution in [0, 0.1) is 0 Å². The van der Waals surface area contributed by atoms with Gasteiger partial charge in [0.1, 0.15) is 0 Å². The van der Waals surface area contributed by atoms with Crippen LogP contribution in [0.4, 0.5) is 0 Å². The number of thioether (sulfide) groups is 1. The maximum atomic E-state index is 8.74. The summed E-state index contributed by atoms with van der Waals surface area (Å²) in [5.41, 5.74) is 0. The Morgan fingerprint density at radius 3 is 1.36 bits per heavy atom. The molecule has 0 atom stereocenters. The molecule has 0 aliphatic carbocycles. The van der Waals surface area contributed by atoms with Crippen molar-refractivity contribution in [1.29, 1.82) is 0 Å². The summed E-state index contributed by atoms with van der Waals surface area (Å²) in [7, 11) is -4.67. The molecule has 0 aromatic rings. The van der Waals surface area contributed by atoms with Crippen LogP contribution < -0.4 is 6.15 Å². The van der Waals surface area contributed by atoms with Gasteiger partial charge in [0.05, 0.1) is 0 Å². The normalized spacial score (nSPS) is 9.09.